The largest absolute Gasteiger partial charge is 0.465 e. The van der Waals surface area contributed by atoms with E-state index in [0.717, 1.165) is 11.5 Å². The van der Waals surface area contributed by atoms with Gasteiger partial charge in [0.05, 0.1) is 24.0 Å². The van der Waals surface area contributed by atoms with Crippen molar-refractivity contribution in [1.82, 2.24) is 14.5 Å². The highest BCUT2D eigenvalue weighted by Gasteiger charge is 2.15. The lowest BCUT2D eigenvalue weighted by Crippen LogP contribution is -2.33. The summed E-state index contributed by atoms with van der Waals surface area (Å²) in [6, 6.07) is 10.9. The Bertz CT molecular complexity index is 974. The molecule has 0 aliphatic heterocycles. The van der Waals surface area contributed by atoms with Gasteiger partial charge in [0.2, 0.25) is 5.91 Å². The molecule has 1 amide bonds. The summed E-state index contributed by atoms with van der Waals surface area (Å²) in [5.74, 6) is 1.58. The van der Waals surface area contributed by atoms with Crippen molar-refractivity contribution in [2.45, 2.75) is 26.6 Å². The Morgan fingerprint density at radius 2 is 2.00 bits per heavy atom. The molecule has 2 N–H and O–H groups in total. The summed E-state index contributed by atoms with van der Waals surface area (Å²) in [6.07, 6.45) is 0. The number of para-hydroxylation sites is 1. The number of carbonyl (C=O) groups excluding carboxylic acids is 1. The second-order valence-corrected chi connectivity index (χ2v) is 6.09. The van der Waals surface area contributed by atoms with Crippen molar-refractivity contribution >= 4 is 16.8 Å². The van der Waals surface area contributed by atoms with Crippen LogP contribution in [0.15, 0.2) is 45.6 Å². The molecule has 1 aromatic carbocycles. The van der Waals surface area contributed by atoms with Crippen molar-refractivity contribution in [3.8, 4) is 0 Å². The van der Waals surface area contributed by atoms with Crippen molar-refractivity contribution < 1.29 is 9.21 Å². The molecule has 0 fully saturated rings. The van der Waals surface area contributed by atoms with Gasteiger partial charge in [-0.1, -0.05) is 12.1 Å². The zero-order chi connectivity index (χ0) is 18.0. The van der Waals surface area contributed by atoms with E-state index in [1.807, 2.05) is 37.1 Å². The van der Waals surface area contributed by atoms with Crippen molar-refractivity contribution in [3.05, 3.63) is 64.1 Å². The van der Waals surface area contributed by atoms with E-state index in [1.54, 1.807) is 18.2 Å². The molecule has 130 valence electrons. The quantitative estimate of drug-likeness (QED) is 0.732. The van der Waals surface area contributed by atoms with Gasteiger partial charge in [-0.05, 0) is 38.2 Å². The fourth-order valence-electron chi connectivity index (χ4n) is 2.79. The van der Waals surface area contributed by atoms with Gasteiger partial charge in [-0.15, -0.1) is 0 Å². The maximum atomic E-state index is 12.7. The zero-order valence-corrected chi connectivity index (χ0v) is 14.2. The monoisotopic (exact) mass is 340 g/mol. The lowest BCUT2D eigenvalue weighted by Gasteiger charge is -2.18. The standard InChI is InChI=1S/C18H20N4O3/c1-12-7-8-13(25-12)9-21(2)11-17-20-15-6-4-3-5-14(15)18(24)22(17)10-16(19)23/h3-8H,9-11H2,1-2H3,(H2,19,23). The van der Waals surface area contributed by atoms with Crippen LogP contribution in [0.5, 0.6) is 0 Å². The van der Waals surface area contributed by atoms with E-state index >= 15 is 0 Å². The number of hydrogen-bond donors (Lipinski definition) is 1. The van der Waals surface area contributed by atoms with Crippen LogP contribution in [-0.4, -0.2) is 27.4 Å². The summed E-state index contributed by atoms with van der Waals surface area (Å²) in [6.45, 7) is 2.64. The first-order valence-electron chi connectivity index (χ1n) is 7.94. The molecule has 2 heterocycles. The number of amides is 1. The lowest BCUT2D eigenvalue weighted by molar-refractivity contribution is -0.118. The van der Waals surface area contributed by atoms with Crippen LogP contribution in [0, 0.1) is 6.92 Å². The molecule has 25 heavy (non-hydrogen) atoms. The molecule has 0 aliphatic rings. The third-order valence-corrected chi connectivity index (χ3v) is 3.89. The number of hydrogen-bond acceptors (Lipinski definition) is 5. The SMILES string of the molecule is Cc1ccc(CN(C)Cc2nc3ccccc3c(=O)n2CC(N)=O)o1. The Morgan fingerprint density at radius 1 is 1.24 bits per heavy atom. The van der Waals surface area contributed by atoms with Gasteiger partial charge < -0.3 is 10.2 Å². The first-order chi connectivity index (χ1) is 11.9. The average molecular weight is 340 g/mol. The molecule has 0 radical (unpaired) electrons. The number of furan rings is 1. The van der Waals surface area contributed by atoms with Gasteiger partial charge >= 0.3 is 0 Å². The van der Waals surface area contributed by atoms with E-state index in [2.05, 4.69) is 4.98 Å². The number of primary amides is 1. The molecule has 3 aromatic rings. The summed E-state index contributed by atoms with van der Waals surface area (Å²) in [4.78, 5) is 30.6. The topological polar surface area (TPSA) is 94.4 Å². The molecule has 7 nitrogen and oxygen atoms in total. The van der Waals surface area contributed by atoms with E-state index in [-0.39, 0.29) is 12.1 Å². The van der Waals surface area contributed by atoms with E-state index < -0.39 is 5.91 Å². The van der Waals surface area contributed by atoms with Crippen LogP contribution in [0.3, 0.4) is 0 Å². The van der Waals surface area contributed by atoms with Crippen LogP contribution in [0.2, 0.25) is 0 Å². The van der Waals surface area contributed by atoms with Gasteiger partial charge in [-0.25, -0.2) is 4.98 Å². The molecule has 2 aromatic heterocycles. The number of aryl methyl sites for hydroxylation is 1. The zero-order valence-electron chi connectivity index (χ0n) is 14.2. The van der Waals surface area contributed by atoms with E-state index in [1.165, 1.54) is 4.57 Å². The molecule has 0 spiro atoms. The first kappa shape index (κ1) is 16.9. The number of aromatic nitrogens is 2. The minimum absolute atomic E-state index is 0.195. The molecule has 0 unspecified atom stereocenters. The molecule has 3 rings (SSSR count). The Morgan fingerprint density at radius 3 is 2.68 bits per heavy atom. The second-order valence-electron chi connectivity index (χ2n) is 6.09. The smallest absolute Gasteiger partial charge is 0.261 e. The Hall–Kier alpha value is -2.93. The lowest BCUT2D eigenvalue weighted by atomic mass is 10.2. The fraction of sp³-hybridized carbons (Fsp3) is 0.278. The summed E-state index contributed by atoms with van der Waals surface area (Å²) in [5.41, 5.74) is 5.65. The summed E-state index contributed by atoms with van der Waals surface area (Å²) in [5, 5.41) is 0.469. The second kappa shape index (κ2) is 6.90. The normalized spacial score (nSPS) is 11.3. The first-order valence-corrected chi connectivity index (χ1v) is 7.94. The van der Waals surface area contributed by atoms with Crippen LogP contribution >= 0.6 is 0 Å². The van der Waals surface area contributed by atoms with Crippen molar-refractivity contribution in [2.24, 2.45) is 5.73 Å². The minimum Gasteiger partial charge on any atom is -0.465 e. The van der Waals surface area contributed by atoms with Gasteiger partial charge in [0.15, 0.2) is 0 Å². The third-order valence-electron chi connectivity index (χ3n) is 3.89. The van der Waals surface area contributed by atoms with E-state index in [4.69, 9.17) is 10.2 Å². The molecular weight excluding hydrogens is 320 g/mol. The molecule has 0 saturated carbocycles. The molecular formula is C18H20N4O3. The molecule has 0 atom stereocenters. The molecule has 0 saturated heterocycles. The van der Waals surface area contributed by atoms with Crippen LogP contribution in [0.25, 0.3) is 10.9 Å². The number of nitrogens with zero attached hydrogens (tertiary/aromatic N) is 3. The van der Waals surface area contributed by atoms with Gasteiger partial charge in [-0.2, -0.15) is 0 Å². The number of benzene rings is 1. The fourth-order valence-corrected chi connectivity index (χ4v) is 2.79. The maximum absolute atomic E-state index is 12.7. The van der Waals surface area contributed by atoms with Gasteiger partial charge in [0, 0.05) is 0 Å². The van der Waals surface area contributed by atoms with Crippen LogP contribution < -0.4 is 11.3 Å². The Labute approximate surface area is 144 Å². The summed E-state index contributed by atoms with van der Waals surface area (Å²) < 4.78 is 6.92. The Kier molecular flexibility index (Phi) is 4.67. The van der Waals surface area contributed by atoms with Gasteiger partial charge in [0.1, 0.15) is 23.9 Å². The van der Waals surface area contributed by atoms with Gasteiger partial charge in [0.25, 0.3) is 5.56 Å². The number of fused-ring (bicyclic) bond motifs is 1. The Balaban J connectivity index is 1.95. The molecule has 0 aliphatic carbocycles. The van der Waals surface area contributed by atoms with Crippen molar-refractivity contribution in [2.75, 3.05) is 7.05 Å². The number of carbonyl (C=O) groups is 1. The highest BCUT2D eigenvalue weighted by Crippen LogP contribution is 2.12. The van der Waals surface area contributed by atoms with Crippen molar-refractivity contribution in [3.63, 3.8) is 0 Å². The van der Waals surface area contributed by atoms with Crippen LogP contribution in [-0.2, 0) is 24.4 Å². The van der Waals surface area contributed by atoms with Gasteiger partial charge in [-0.3, -0.25) is 19.1 Å². The highest BCUT2D eigenvalue weighted by atomic mass is 16.3. The number of rotatable bonds is 6. The summed E-state index contributed by atoms with van der Waals surface area (Å²) in [7, 11) is 1.90. The van der Waals surface area contributed by atoms with Crippen LogP contribution in [0.1, 0.15) is 17.3 Å². The van der Waals surface area contributed by atoms with E-state index in [9.17, 15) is 9.59 Å². The van der Waals surface area contributed by atoms with Crippen molar-refractivity contribution in [1.29, 1.82) is 0 Å². The predicted octanol–water partition coefficient (Wildman–Crippen LogP) is 1.42. The number of nitrogens with two attached hydrogens (primary N) is 1. The van der Waals surface area contributed by atoms with E-state index in [0.29, 0.717) is 29.8 Å². The molecule has 0 bridgehead atoms. The highest BCUT2D eigenvalue weighted by molar-refractivity contribution is 5.78. The third kappa shape index (κ3) is 3.77. The maximum Gasteiger partial charge on any atom is 0.261 e. The molecule has 7 heteroatoms. The predicted molar refractivity (Wildman–Crippen MR) is 93.8 cm³/mol. The summed E-state index contributed by atoms with van der Waals surface area (Å²) >= 11 is 0. The average Bonchev–Trinajstić information content (AvgIpc) is 2.95. The minimum atomic E-state index is -0.579. The van der Waals surface area contributed by atoms with Crippen LogP contribution in [0.4, 0.5) is 0 Å².